The number of anilines is 1. The lowest BCUT2D eigenvalue weighted by molar-refractivity contribution is 0.0958. The molecule has 0 aliphatic rings. The Kier molecular flexibility index (Phi) is 6.39. The summed E-state index contributed by atoms with van der Waals surface area (Å²) in [7, 11) is 1.53. The fourth-order valence-electron chi connectivity index (χ4n) is 1.81. The molecular weight excluding hydrogens is 332 g/mol. The molecule has 0 aliphatic carbocycles. The van der Waals surface area contributed by atoms with E-state index in [9.17, 15) is 9.59 Å². The highest BCUT2D eigenvalue weighted by Crippen LogP contribution is 2.23. The van der Waals surface area contributed by atoms with Gasteiger partial charge in [0.1, 0.15) is 17.2 Å². The highest BCUT2D eigenvalue weighted by Gasteiger charge is 2.07. The van der Waals surface area contributed by atoms with E-state index in [2.05, 4.69) is 20.9 Å². The fraction of sp³-hybridized carbons (Fsp3) is 0.188. The van der Waals surface area contributed by atoms with Crippen LogP contribution in [0.5, 0.6) is 11.5 Å². The van der Waals surface area contributed by atoms with Crippen molar-refractivity contribution in [3.8, 4) is 11.5 Å². The maximum Gasteiger partial charge on any atom is 0.319 e. The number of aromatic nitrogens is 1. The quantitative estimate of drug-likeness (QED) is 0.700. The fourth-order valence-corrected chi connectivity index (χ4v) is 1.90. The van der Waals surface area contributed by atoms with Crippen LogP contribution in [0.25, 0.3) is 0 Å². The van der Waals surface area contributed by atoms with E-state index in [1.54, 1.807) is 36.4 Å². The zero-order chi connectivity index (χ0) is 17.4. The first kappa shape index (κ1) is 17.6. The summed E-state index contributed by atoms with van der Waals surface area (Å²) in [6.07, 6.45) is 1.50. The van der Waals surface area contributed by atoms with Gasteiger partial charge in [0.15, 0.2) is 0 Å². The van der Waals surface area contributed by atoms with Crippen LogP contribution in [0.15, 0.2) is 42.6 Å². The minimum atomic E-state index is -0.325. The van der Waals surface area contributed by atoms with E-state index < -0.39 is 0 Å². The number of nitrogens with one attached hydrogen (secondary N) is 3. The predicted molar refractivity (Wildman–Crippen MR) is 91.9 cm³/mol. The lowest BCUT2D eigenvalue weighted by Gasteiger charge is -2.09. The molecule has 3 amide bonds. The van der Waals surface area contributed by atoms with Crippen molar-refractivity contribution in [2.75, 3.05) is 24.8 Å². The standard InChI is InChI=1S/C16H17ClN4O3/c1-18-15(22)14-10-13(6-8-19-14)24-12-4-2-11(3-5-12)21-16(23)20-9-7-17/h2-6,8,10H,7,9H2,1H3,(H,18,22)(H2,20,21,23). The molecular formula is C16H17ClN4O3. The first-order chi connectivity index (χ1) is 11.6. The lowest BCUT2D eigenvalue weighted by Crippen LogP contribution is -2.30. The van der Waals surface area contributed by atoms with Crippen molar-refractivity contribution < 1.29 is 14.3 Å². The Morgan fingerprint density at radius 2 is 1.92 bits per heavy atom. The molecule has 7 nitrogen and oxygen atoms in total. The van der Waals surface area contributed by atoms with Crippen LogP contribution in [0.3, 0.4) is 0 Å². The number of ether oxygens (including phenoxy) is 1. The molecule has 0 bridgehead atoms. The Morgan fingerprint density at radius 1 is 1.17 bits per heavy atom. The molecule has 1 aromatic carbocycles. The third kappa shape index (κ3) is 5.13. The van der Waals surface area contributed by atoms with Gasteiger partial charge < -0.3 is 20.7 Å². The number of urea groups is 1. The van der Waals surface area contributed by atoms with Crippen molar-refractivity contribution in [1.82, 2.24) is 15.6 Å². The number of hydrogen-bond donors (Lipinski definition) is 3. The number of nitrogens with zero attached hydrogens (tertiary/aromatic N) is 1. The normalized spacial score (nSPS) is 9.92. The van der Waals surface area contributed by atoms with E-state index in [-0.39, 0.29) is 17.6 Å². The molecule has 126 valence electrons. The number of carbonyl (C=O) groups excluding carboxylic acids is 2. The minimum Gasteiger partial charge on any atom is -0.457 e. The lowest BCUT2D eigenvalue weighted by atomic mass is 10.3. The molecule has 0 atom stereocenters. The molecule has 0 fully saturated rings. The Balaban J connectivity index is 1.99. The monoisotopic (exact) mass is 348 g/mol. The smallest absolute Gasteiger partial charge is 0.319 e. The van der Waals surface area contributed by atoms with Crippen LogP contribution in [0.4, 0.5) is 10.5 Å². The second-order valence-electron chi connectivity index (χ2n) is 4.65. The Hall–Kier alpha value is -2.80. The molecule has 1 aromatic heterocycles. The summed E-state index contributed by atoms with van der Waals surface area (Å²) in [5.41, 5.74) is 0.888. The summed E-state index contributed by atoms with van der Waals surface area (Å²) >= 11 is 5.50. The number of carbonyl (C=O) groups is 2. The minimum absolute atomic E-state index is 0.268. The van der Waals surface area contributed by atoms with Crippen molar-refractivity contribution in [2.24, 2.45) is 0 Å². The summed E-state index contributed by atoms with van der Waals surface area (Å²) in [5, 5.41) is 7.77. The van der Waals surface area contributed by atoms with Gasteiger partial charge in [0.2, 0.25) is 0 Å². The molecule has 0 saturated carbocycles. The van der Waals surface area contributed by atoms with Gasteiger partial charge in [0.05, 0.1) is 0 Å². The molecule has 2 aromatic rings. The number of alkyl halides is 1. The third-order valence-corrected chi connectivity index (χ3v) is 3.11. The van der Waals surface area contributed by atoms with E-state index in [0.717, 1.165) is 0 Å². The summed E-state index contributed by atoms with van der Waals surface area (Å²) in [6.45, 7) is 0.393. The molecule has 0 spiro atoms. The van der Waals surface area contributed by atoms with Gasteiger partial charge >= 0.3 is 6.03 Å². The van der Waals surface area contributed by atoms with Gasteiger partial charge in [0.25, 0.3) is 5.91 Å². The molecule has 0 unspecified atom stereocenters. The van der Waals surface area contributed by atoms with Crippen molar-refractivity contribution >= 4 is 29.2 Å². The van der Waals surface area contributed by atoms with Crippen molar-refractivity contribution in [1.29, 1.82) is 0 Å². The molecule has 8 heteroatoms. The van der Waals surface area contributed by atoms with Crippen LogP contribution in [0.1, 0.15) is 10.5 Å². The van der Waals surface area contributed by atoms with Crippen molar-refractivity contribution in [2.45, 2.75) is 0 Å². The van der Waals surface area contributed by atoms with Gasteiger partial charge in [-0.3, -0.25) is 9.78 Å². The molecule has 0 radical (unpaired) electrons. The first-order valence-electron chi connectivity index (χ1n) is 7.19. The van der Waals surface area contributed by atoms with Crippen molar-refractivity contribution in [3.05, 3.63) is 48.3 Å². The summed E-state index contributed by atoms with van der Waals surface area (Å²) < 4.78 is 5.67. The van der Waals surface area contributed by atoms with Crippen LogP contribution in [-0.4, -0.2) is 36.4 Å². The zero-order valence-electron chi connectivity index (χ0n) is 13.0. The van der Waals surface area contributed by atoms with Crippen LogP contribution in [0, 0.1) is 0 Å². The van der Waals surface area contributed by atoms with Crippen LogP contribution in [-0.2, 0) is 0 Å². The zero-order valence-corrected chi connectivity index (χ0v) is 13.8. The summed E-state index contributed by atoms with van der Waals surface area (Å²) in [6, 6.07) is 9.69. The van der Waals surface area contributed by atoms with Gasteiger partial charge in [-0.2, -0.15) is 0 Å². The Labute approximate surface area is 144 Å². The van der Waals surface area contributed by atoms with E-state index in [4.69, 9.17) is 16.3 Å². The molecule has 2 rings (SSSR count). The molecule has 0 saturated heterocycles. The highest BCUT2D eigenvalue weighted by atomic mass is 35.5. The average molecular weight is 349 g/mol. The number of rotatable bonds is 6. The second kappa shape index (κ2) is 8.73. The SMILES string of the molecule is CNC(=O)c1cc(Oc2ccc(NC(=O)NCCCl)cc2)ccn1. The summed E-state index contributed by atoms with van der Waals surface area (Å²) in [4.78, 5) is 27.0. The topological polar surface area (TPSA) is 92.4 Å². The van der Waals surface area contributed by atoms with Gasteiger partial charge in [-0.1, -0.05) is 0 Å². The number of benzene rings is 1. The highest BCUT2D eigenvalue weighted by molar-refractivity contribution is 6.18. The average Bonchev–Trinajstić information content (AvgIpc) is 2.61. The molecule has 24 heavy (non-hydrogen) atoms. The third-order valence-electron chi connectivity index (χ3n) is 2.92. The number of hydrogen-bond acceptors (Lipinski definition) is 4. The van der Waals surface area contributed by atoms with Crippen LogP contribution < -0.4 is 20.7 Å². The molecule has 1 heterocycles. The van der Waals surface area contributed by atoms with E-state index in [1.165, 1.54) is 13.2 Å². The van der Waals surface area contributed by atoms with Crippen molar-refractivity contribution in [3.63, 3.8) is 0 Å². The van der Waals surface area contributed by atoms with E-state index >= 15 is 0 Å². The Morgan fingerprint density at radius 3 is 2.58 bits per heavy atom. The van der Waals surface area contributed by atoms with E-state index in [0.29, 0.717) is 29.6 Å². The second-order valence-corrected chi connectivity index (χ2v) is 5.03. The largest absolute Gasteiger partial charge is 0.457 e. The first-order valence-corrected chi connectivity index (χ1v) is 7.72. The van der Waals surface area contributed by atoms with Gasteiger partial charge in [-0.05, 0) is 30.3 Å². The van der Waals surface area contributed by atoms with Gasteiger partial charge in [-0.25, -0.2) is 4.79 Å². The van der Waals surface area contributed by atoms with Crippen LogP contribution in [0.2, 0.25) is 0 Å². The summed E-state index contributed by atoms with van der Waals surface area (Å²) in [5.74, 6) is 1.12. The number of pyridine rings is 1. The molecule has 3 N–H and O–H groups in total. The predicted octanol–water partition coefficient (Wildman–Crippen LogP) is 2.59. The van der Waals surface area contributed by atoms with Crippen LogP contribution >= 0.6 is 11.6 Å². The number of halogens is 1. The van der Waals surface area contributed by atoms with Gasteiger partial charge in [0, 0.05) is 37.4 Å². The number of amides is 3. The molecule has 0 aliphatic heterocycles. The van der Waals surface area contributed by atoms with E-state index in [1.807, 2.05) is 0 Å². The Bertz CT molecular complexity index is 707. The van der Waals surface area contributed by atoms with Gasteiger partial charge in [-0.15, -0.1) is 11.6 Å². The maximum atomic E-state index is 11.6. The maximum absolute atomic E-state index is 11.6.